The summed E-state index contributed by atoms with van der Waals surface area (Å²) in [4.78, 5) is 24.0. The van der Waals surface area contributed by atoms with Crippen molar-refractivity contribution >= 4 is 17.7 Å². The van der Waals surface area contributed by atoms with Crippen molar-refractivity contribution in [3.05, 3.63) is 53.3 Å². The van der Waals surface area contributed by atoms with Gasteiger partial charge in [-0.2, -0.15) is 5.26 Å². The maximum atomic E-state index is 12.0. The zero-order valence-electron chi connectivity index (χ0n) is 13.4. The number of carbonyl (C=O) groups excluding carboxylic acids is 2. The molecule has 24 heavy (non-hydrogen) atoms. The van der Waals surface area contributed by atoms with Gasteiger partial charge in [0.25, 0.3) is 0 Å². The molecule has 0 bridgehead atoms. The van der Waals surface area contributed by atoms with Crippen molar-refractivity contribution in [3.63, 3.8) is 0 Å². The summed E-state index contributed by atoms with van der Waals surface area (Å²) in [6.07, 6.45) is 0.686. The van der Waals surface area contributed by atoms with Crippen molar-refractivity contribution in [2.45, 2.75) is 13.5 Å². The Morgan fingerprint density at radius 1 is 1.25 bits per heavy atom. The molecule has 0 aliphatic carbocycles. The third kappa shape index (κ3) is 3.93. The van der Waals surface area contributed by atoms with Gasteiger partial charge in [0.1, 0.15) is 12.7 Å². The van der Waals surface area contributed by atoms with Crippen LogP contribution in [0.3, 0.4) is 0 Å². The topological polar surface area (TPSA) is 93.3 Å². The largest absolute Gasteiger partial charge is 0.461 e. The van der Waals surface area contributed by atoms with Gasteiger partial charge in [-0.1, -0.05) is 30.3 Å². The molecule has 1 aromatic carbocycles. The Hall–Kier alpha value is -3.27. The van der Waals surface area contributed by atoms with Crippen molar-refractivity contribution in [3.8, 4) is 6.07 Å². The number of amides is 1. The first-order valence-corrected chi connectivity index (χ1v) is 7.31. The van der Waals surface area contributed by atoms with Crippen LogP contribution in [0.15, 0.2) is 36.5 Å². The van der Waals surface area contributed by atoms with Gasteiger partial charge in [0.05, 0.1) is 17.9 Å². The number of anilines is 1. The Morgan fingerprint density at radius 3 is 2.58 bits per heavy atom. The van der Waals surface area contributed by atoms with Crippen molar-refractivity contribution in [1.82, 2.24) is 4.57 Å². The van der Waals surface area contributed by atoms with Crippen molar-refractivity contribution in [2.75, 3.05) is 11.9 Å². The predicted octanol–water partition coefficient (Wildman–Crippen LogP) is 2.82. The second kappa shape index (κ2) is 7.83. The number of benzene rings is 1. The number of nitrogens with one attached hydrogen (secondary N) is 1. The van der Waals surface area contributed by atoms with Gasteiger partial charge in [-0.25, -0.2) is 9.59 Å². The van der Waals surface area contributed by atoms with Gasteiger partial charge in [-0.05, 0) is 12.5 Å². The third-order valence-corrected chi connectivity index (χ3v) is 3.21. The average Bonchev–Trinajstić information content (AvgIpc) is 2.89. The number of nitriles is 1. The van der Waals surface area contributed by atoms with E-state index in [1.54, 1.807) is 14.0 Å². The fourth-order valence-electron chi connectivity index (χ4n) is 2.14. The van der Waals surface area contributed by atoms with Crippen molar-refractivity contribution in [1.29, 1.82) is 5.26 Å². The molecule has 0 saturated heterocycles. The first-order valence-electron chi connectivity index (χ1n) is 7.31. The highest BCUT2D eigenvalue weighted by Gasteiger charge is 2.23. The second-order valence-corrected chi connectivity index (χ2v) is 4.90. The molecule has 1 amide bonds. The number of hydrogen-bond acceptors (Lipinski definition) is 5. The first-order chi connectivity index (χ1) is 11.6. The number of hydrogen-bond donors (Lipinski definition) is 1. The predicted molar refractivity (Wildman–Crippen MR) is 86.3 cm³/mol. The Labute approximate surface area is 139 Å². The lowest BCUT2D eigenvalue weighted by molar-refractivity contribution is 0.0516. The SMILES string of the molecule is CCOC(=O)c1c(NC(=O)OCc2ccccc2)c(C#N)cn1C. The fourth-order valence-corrected chi connectivity index (χ4v) is 2.14. The molecule has 0 radical (unpaired) electrons. The van der Waals surface area contributed by atoms with Gasteiger partial charge >= 0.3 is 12.1 Å². The van der Waals surface area contributed by atoms with E-state index in [2.05, 4.69) is 5.32 Å². The molecular weight excluding hydrogens is 310 g/mol. The molecule has 7 heteroatoms. The van der Waals surface area contributed by atoms with E-state index in [1.807, 2.05) is 36.4 Å². The lowest BCUT2D eigenvalue weighted by Crippen LogP contribution is -2.18. The summed E-state index contributed by atoms with van der Waals surface area (Å²) in [7, 11) is 1.59. The summed E-state index contributed by atoms with van der Waals surface area (Å²) < 4.78 is 11.5. The van der Waals surface area contributed by atoms with E-state index >= 15 is 0 Å². The van der Waals surface area contributed by atoms with E-state index in [9.17, 15) is 14.9 Å². The minimum absolute atomic E-state index is 0.0795. The summed E-state index contributed by atoms with van der Waals surface area (Å²) in [5.74, 6) is -0.625. The highest BCUT2D eigenvalue weighted by atomic mass is 16.5. The minimum atomic E-state index is -0.757. The number of nitrogens with zero attached hydrogens (tertiary/aromatic N) is 2. The molecule has 1 heterocycles. The van der Waals surface area contributed by atoms with E-state index in [1.165, 1.54) is 10.8 Å². The molecule has 7 nitrogen and oxygen atoms in total. The molecule has 0 aliphatic rings. The highest BCUT2D eigenvalue weighted by molar-refractivity contribution is 6.00. The van der Waals surface area contributed by atoms with Crippen LogP contribution in [0.2, 0.25) is 0 Å². The number of rotatable bonds is 5. The number of esters is 1. The van der Waals surface area contributed by atoms with Crippen LogP contribution in [0, 0.1) is 11.3 Å². The molecule has 0 saturated carbocycles. The van der Waals surface area contributed by atoms with Gasteiger partial charge in [0, 0.05) is 13.2 Å². The zero-order valence-corrected chi connectivity index (χ0v) is 13.4. The van der Waals surface area contributed by atoms with Crippen LogP contribution < -0.4 is 5.32 Å². The van der Waals surface area contributed by atoms with Crippen LogP contribution in [0.4, 0.5) is 10.5 Å². The van der Waals surface area contributed by atoms with Gasteiger partial charge < -0.3 is 14.0 Å². The van der Waals surface area contributed by atoms with Gasteiger partial charge in [-0.3, -0.25) is 5.32 Å². The highest BCUT2D eigenvalue weighted by Crippen LogP contribution is 2.23. The molecule has 1 aromatic heterocycles. The monoisotopic (exact) mass is 327 g/mol. The quantitative estimate of drug-likeness (QED) is 0.852. The molecule has 0 atom stereocenters. The summed E-state index contributed by atoms with van der Waals surface area (Å²) in [5.41, 5.74) is 1.14. The van der Waals surface area contributed by atoms with E-state index in [0.717, 1.165) is 5.56 Å². The molecule has 0 spiro atoms. The Kier molecular flexibility index (Phi) is 5.58. The minimum Gasteiger partial charge on any atom is -0.461 e. The molecule has 0 unspecified atom stereocenters. The maximum absolute atomic E-state index is 12.0. The zero-order chi connectivity index (χ0) is 17.5. The lowest BCUT2D eigenvalue weighted by atomic mass is 10.2. The number of ether oxygens (including phenoxy) is 2. The summed E-state index contributed by atoms with van der Waals surface area (Å²) >= 11 is 0. The Morgan fingerprint density at radius 2 is 1.96 bits per heavy atom. The summed E-state index contributed by atoms with van der Waals surface area (Å²) in [6.45, 7) is 1.94. The fraction of sp³-hybridized carbons (Fsp3) is 0.235. The maximum Gasteiger partial charge on any atom is 0.412 e. The lowest BCUT2D eigenvalue weighted by Gasteiger charge is -2.09. The standard InChI is InChI=1S/C17H17N3O4/c1-3-23-16(21)15-14(13(9-18)10-20(15)2)19-17(22)24-11-12-7-5-4-6-8-12/h4-8,10H,3,11H2,1-2H3,(H,19,22). The van der Waals surface area contributed by atoms with E-state index in [4.69, 9.17) is 9.47 Å². The third-order valence-electron chi connectivity index (χ3n) is 3.21. The number of carbonyl (C=O) groups is 2. The van der Waals surface area contributed by atoms with Gasteiger partial charge in [-0.15, -0.1) is 0 Å². The Bertz CT molecular complexity index is 775. The molecule has 0 fully saturated rings. The smallest absolute Gasteiger partial charge is 0.412 e. The number of aromatic nitrogens is 1. The van der Waals surface area contributed by atoms with Crippen LogP contribution in [0.1, 0.15) is 28.5 Å². The second-order valence-electron chi connectivity index (χ2n) is 4.90. The van der Waals surface area contributed by atoms with Gasteiger partial charge in [0.2, 0.25) is 0 Å². The molecular formula is C17H17N3O4. The first kappa shape index (κ1) is 17.1. The average molecular weight is 327 g/mol. The summed E-state index contributed by atoms with van der Waals surface area (Å²) in [6, 6.07) is 11.1. The van der Waals surface area contributed by atoms with Crippen LogP contribution in [0.5, 0.6) is 0 Å². The summed E-state index contributed by atoms with van der Waals surface area (Å²) in [5, 5.41) is 11.6. The van der Waals surface area contributed by atoms with Crippen molar-refractivity contribution in [2.24, 2.45) is 7.05 Å². The van der Waals surface area contributed by atoms with Crippen molar-refractivity contribution < 1.29 is 19.1 Å². The molecule has 1 N–H and O–H groups in total. The van der Waals surface area contributed by atoms with Crippen LogP contribution in [-0.2, 0) is 23.1 Å². The molecule has 124 valence electrons. The van der Waals surface area contributed by atoms with E-state index in [0.29, 0.717) is 0 Å². The molecule has 0 aliphatic heterocycles. The molecule has 2 aromatic rings. The normalized spacial score (nSPS) is 9.88. The van der Waals surface area contributed by atoms with Crippen LogP contribution in [0.25, 0.3) is 0 Å². The van der Waals surface area contributed by atoms with E-state index in [-0.39, 0.29) is 30.2 Å². The number of aryl methyl sites for hydroxylation is 1. The Balaban J connectivity index is 2.14. The molecule has 2 rings (SSSR count). The van der Waals surface area contributed by atoms with Crippen LogP contribution >= 0.6 is 0 Å². The van der Waals surface area contributed by atoms with Crippen LogP contribution in [-0.4, -0.2) is 23.2 Å². The van der Waals surface area contributed by atoms with E-state index < -0.39 is 12.1 Å². The van der Waals surface area contributed by atoms with Gasteiger partial charge in [0.15, 0.2) is 5.69 Å².